The Morgan fingerprint density at radius 1 is 1.23 bits per heavy atom. The standard InChI is InChI=1S/C18H14ClN3O4/c1-2-22-18(24)11-6-4-3-5-10(11)16(21-22)17(23)20-13-8-15-14(7-12(13)19)25-9-26-15/h3-8H,2,9H2,1H3,(H,20,23). The molecule has 1 aromatic heterocycles. The SMILES string of the molecule is CCn1nc(C(=O)Nc2cc3c(cc2Cl)OCO3)c2ccccc2c1=O. The number of aryl methyl sites for hydroxylation is 1. The molecule has 7 nitrogen and oxygen atoms in total. The first-order chi connectivity index (χ1) is 12.6. The van der Waals surface area contributed by atoms with Gasteiger partial charge in [-0.25, -0.2) is 4.68 Å². The molecule has 26 heavy (non-hydrogen) atoms. The number of aromatic nitrogens is 2. The van der Waals surface area contributed by atoms with Crippen molar-refractivity contribution in [2.24, 2.45) is 0 Å². The third-order valence-electron chi connectivity index (χ3n) is 4.09. The van der Waals surface area contributed by atoms with Gasteiger partial charge in [0.25, 0.3) is 11.5 Å². The van der Waals surface area contributed by atoms with Crippen LogP contribution in [0.3, 0.4) is 0 Å². The summed E-state index contributed by atoms with van der Waals surface area (Å²) in [5, 5.41) is 8.18. The van der Waals surface area contributed by atoms with E-state index in [2.05, 4.69) is 10.4 Å². The summed E-state index contributed by atoms with van der Waals surface area (Å²) in [6.07, 6.45) is 0. The fraction of sp³-hybridized carbons (Fsp3) is 0.167. The van der Waals surface area contributed by atoms with Crippen molar-refractivity contribution in [2.45, 2.75) is 13.5 Å². The topological polar surface area (TPSA) is 82.5 Å². The van der Waals surface area contributed by atoms with Gasteiger partial charge in [0.15, 0.2) is 17.2 Å². The third kappa shape index (κ3) is 2.66. The van der Waals surface area contributed by atoms with Gasteiger partial charge >= 0.3 is 0 Å². The summed E-state index contributed by atoms with van der Waals surface area (Å²) in [5.74, 6) is 0.557. The number of anilines is 1. The van der Waals surface area contributed by atoms with Crippen LogP contribution in [0.5, 0.6) is 11.5 Å². The molecule has 0 atom stereocenters. The summed E-state index contributed by atoms with van der Waals surface area (Å²) >= 11 is 6.22. The lowest BCUT2D eigenvalue weighted by molar-refractivity contribution is 0.102. The molecule has 0 fully saturated rings. The molecule has 3 aromatic rings. The van der Waals surface area contributed by atoms with Crippen molar-refractivity contribution in [3.63, 3.8) is 0 Å². The maximum Gasteiger partial charge on any atom is 0.276 e. The van der Waals surface area contributed by atoms with Crippen molar-refractivity contribution in [3.8, 4) is 11.5 Å². The lowest BCUT2D eigenvalue weighted by Crippen LogP contribution is -2.27. The zero-order valence-electron chi connectivity index (χ0n) is 13.8. The monoisotopic (exact) mass is 371 g/mol. The maximum absolute atomic E-state index is 12.8. The average molecular weight is 372 g/mol. The minimum Gasteiger partial charge on any atom is -0.454 e. The number of carbonyl (C=O) groups is 1. The van der Waals surface area contributed by atoms with Gasteiger partial charge in [0.05, 0.1) is 16.1 Å². The van der Waals surface area contributed by atoms with Crippen LogP contribution in [0.1, 0.15) is 17.4 Å². The Kier molecular flexibility index (Phi) is 4.00. The highest BCUT2D eigenvalue weighted by atomic mass is 35.5. The van der Waals surface area contributed by atoms with E-state index in [4.69, 9.17) is 21.1 Å². The first kappa shape index (κ1) is 16.4. The predicted octanol–water partition coefficient (Wildman–Crippen LogP) is 3.05. The number of carbonyl (C=O) groups excluding carboxylic acids is 1. The highest BCUT2D eigenvalue weighted by Crippen LogP contribution is 2.39. The van der Waals surface area contributed by atoms with Crippen LogP contribution >= 0.6 is 11.6 Å². The van der Waals surface area contributed by atoms with E-state index in [1.807, 2.05) is 0 Å². The van der Waals surface area contributed by atoms with Gasteiger partial charge in [-0.1, -0.05) is 29.8 Å². The molecule has 0 aliphatic carbocycles. The first-order valence-electron chi connectivity index (χ1n) is 7.99. The van der Waals surface area contributed by atoms with E-state index >= 15 is 0 Å². The van der Waals surface area contributed by atoms with Gasteiger partial charge < -0.3 is 14.8 Å². The molecule has 4 rings (SSSR count). The highest BCUT2D eigenvalue weighted by Gasteiger charge is 2.20. The van der Waals surface area contributed by atoms with E-state index < -0.39 is 5.91 Å². The quantitative estimate of drug-likeness (QED) is 0.765. The number of nitrogens with zero attached hydrogens (tertiary/aromatic N) is 2. The minimum absolute atomic E-state index is 0.108. The second kappa shape index (κ2) is 6.34. The summed E-state index contributed by atoms with van der Waals surface area (Å²) in [7, 11) is 0. The smallest absolute Gasteiger partial charge is 0.276 e. The molecule has 1 aliphatic rings. The molecule has 1 N–H and O–H groups in total. The second-order valence-electron chi connectivity index (χ2n) is 5.65. The number of ether oxygens (including phenoxy) is 2. The van der Waals surface area contributed by atoms with Crippen LogP contribution in [0.25, 0.3) is 10.8 Å². The molecule has 132 valence electrons. The number of fused-ring (bicyclic) bond motifs is 2. The Balaban J connectivity index is 1.78. The van der Waals surface area contributed by atoms with Crippen LogP contribution in [0.15, 0.2) is 41.2 Å². The molecule has 8 heteroatoms. The summed E-state index contributed by atoms with van der Waals surface area (Å²) < 4.78 is 11.8. The van der Waals surface area contributed by atoms with Gasteiger partial charge in [-0.3, -0.25) is 9.59 Å². The zero-order chi connectivity index (χ0) is 18.3. The Labute approximate surface area is 153 Å². The Morgan fingerprint density at radius 3 is 2.65 bits per heavy atom. The van der Waals surface area contributed by atoms with Crippen molar-refractivity contribution in [1.82, 2.24) is 9.78 Å². The van der Waals surface area contributed by atoms with Gasteiger partial charge in [0, 0.05) is 24.1 Å². The molecule has 0 saturated carbocycles. The number of halogens is 1. The van der Waals surface area contributed by atoms with Crippen molar-refractivity contribution >= 4 is 34.0 Å². The molecule has 1 amide bonds. The van der Waals surface area contributed by atoms with Crippen LogP contribution in [0, 0.1) is 0 Å². The Hall–Kier alpha value is -3.06. The number of hydrogen-bond donors (Lipinski definition) is 1. The van der Waals surface area contributed by atoms with Crippen molar-refractivity contribution in [3.05, 3.63) is 57.5 Å². The van der Waals surface area contributed by atoms with E-state index in [0.717, 1.165) is 0 Å². The second-order valence-corrected chi connectivity index (χ2v) is 6.06. The van der Waals surface area contributed by atoms with Gasteiger partial charge in [-0.05, 0) is 13.0 Å². The lowest BCUT2D eigenvalue weighted by atomic mass is 10.1. The van der Waals surface area contributed by atoms with Crippen LogP contribution in [0.2, 0.25) is 5.02 Å². The van der Waals surface area contributed by atoms with E-state index in [0.29, 0.717) is 39.5 Å². The molecule has 2 aromatic carbocycles. The molecule has 1 aliphatic heterocycles. The van der Waals surface area contributed by atoms with Crippen LogP contribution in [-0.4, -0.2) is 22.5 Å². The van der Waals surface area contributed by atoms with Crippen molar-refractivity contribution < 1.29 is 14.3 Å². The largest absolute Gasteiger partial charge is 0.454 e. The molecule has 0 radical (unpaired) electrons. The predicted molar refractivity (Wildman–Crippen MR) is 97.2 cm³/mol. The molecular weight excluding hydrogens is 358 g/mol. The summed E-state index contributed by atoms with van der Waals surface area (Å²) in [6, 6.07) is 10.1. The fourth-order valence-electron chi connectivity index (χ4n) is 2.81. The van der Waals surface area contributed by atoms with E-state index in [1.165, 1.54) is 4.68 Å². The number of amides is 1. The zero-order valence-corrected chi connectivity index (χ0v) is 14.5. The lowest BCUT2D eigenvalue weighted by Gasteiger charge is -2.11. The third-order valence-corrected chi connectivity index (χ3v) is 4.41. The van der Waals surface area contributed by atoms with Crippen LogP contribution in [0.4, 0.5) is 5.69 Å². The maximum atomic E-state index is 12.8. The Bertz CT molecular complexity index is 1090. The van der Waals surface area contributed by atoms with E-state index in [9.17, 15) is 9.59 Å². The molecule has 0 spiro atoms. The van der Waals surface area contributed by atoms with Gasteiger partial charge in [-0.15, -0.1) is 0 Å². The molecule has 0 unspecified atom stereocenters. The van der Waals surface area contributed by atoms with Crippen molar-refractivity contribution in [1.29, 1.82) is 0 Å². The fourth-order valence-corrected chi connectivity index (χ4v) is 3.01. The highest BCUT2D eigenvalue weighted by molar-refractivity contribution is 6.34. The van der Waals surface area contributed by atoms with Gasteiger partial charge in [0.2, 0.25) is 6.79 Å². The summed E-state index contributed by atoms with van der Waals surface area (Å²) in [5.41, 5.74) is 0.289. The first-order valence-corrected chi connectivity index (χ1v) is 8.36. The van der Waals surface area contributed by atoms with Crippen molar-refractivity contribution in [2.75, 3.05) is 12.1 Å². The van der Waals surface area contributed by atoms with E-state index in [-0.39, 0.29) is 18.0 Å². The minimum atomic E-state index is -0.468. The molecule has 0 bridgehead atoms. The molecule has 0 saturated heterocycles. The molecular formula is C18H14ClN3O4. The van der Waals surface area contributed by atoms with Crippen LogP contribution < -0.4 is 20.3 Å². The van der Waals surface area contributed by atoms with Gasteiger partial charge in [-0.2, -0.15) is 5.10 Å². The number of benzene rings is 2. The average Bonchev–Trinajstić information content (AvgIpc) is 3.09. The summed E-state index contributed by atoms with van der Waals surface area (Å²) in [4.78, 5) is 25.2. The van der Waals surface area contributed by atoms with Crippen LogP contribution in [-0.2, 0) is 6.54 Å². The summed E-state index contributed by atoms with van der Waals surface area (Å²) in [6.45, 7) is 2.25. The van der Waals surface area contributed by atoms with E-state index in [1.54, 1.807) is 43.3 Å². The normalized spacial score (nSPS) is 12.4. The van der Waals surface area contributed by atoms with Gasteiger partial charge in [0.1, 0.15) is 0 Å². The molecule has 2 heterocycles. The number of hydrogen-bond acceptors (Lipinski definition) is 5. The number of nitrogens with one attached hydrogen (secondary N) is 1. The number of rotatable bonds is 3. The Morgan fingerprint density at radius 2 is 1.92 bits per heavy atom.